The zero-order valence-electron chi connectivity index (χ0n) is 50.2. The Morgan fingerprint density at radius 2 is 0.553 bits per heavy atom. The minimum atomic E-state index is 0.392. The molecule has 10 nitrogen and oxygen atoms in total. The minimum Gasteiger partial charge on any atom is -0.208 e. The fourth-order valence-corrected chi connectivity index (χ4v) is 12.4. The van der Waals surface area contributed by atoms with Gasteiger partial charge in [-0.2, -0.15) is 21.0 Å². The van der Waals surface area contributed by atoms with Crippen molar-refractivity contribution in [1.82, 2.24) is 29.9 Å². The minimum absolute atomic E-state index is 0.392. The largest absolute Gasteiger partial charge is 0.208 e. The zero-order chi connectivity index (χ0) is 63.5. The van der Waals surface area contributed by atoms with Crippen molar-refractivity contribution in [3.05, 3.63) is 313 Å². The van der Waals surface area contributed by atoms with Gasteiger partial charge >= 0.3 is 0 Å². The Morgan fingerprint density at radius 3 is 1.01 bits per heavy atom. The lowest BCUT2D eigenvalue weighted by molar-refractivity contribution is 1.07. The molecule has 13 aromatic carbocycles. The third-order valence-electron chi connectivity index (χ3n) is 16.9. The molecule has 10 heteroatoms. The molecule has 15 rings (SSSR count). The predicted molar refractivity (Wildman–Crippen MR) is 372 cm³/mol. The number of nitriles is 4. The summed E-state index contributed by atoms with van der Waals surface area (Å²) in [6.45, 7) is 0. The van der Waals surface area contributed by atoms with E-state index in [0.29, 0.717) is 57.2 Å². The summed E-state index contributed by atoms with van der Waals surface area (Å²) in [5, 5.41) is 43.8. The average molecular weight is 1200 g/mol. The number of nitrogens with zero attached hydrogens (tertiary/aromatic N) is 10. The van der Waals surface area contributed by atoms with Gasteiger partial charge in [0, 0.05) is 33.4 Å². The van der Waals surface area contributed by atoms with Gasteiger partial charge in [0.15, 0.2) is 34.9 Å². The fourth-order valence-electron chi connectivity index (χ4n) is 12.4. The molecule has 15 aromatic rings. The highest BCUT2D eigenvalue weighted by Crippen LogP contribution is 2.44. The Bertz CT molecular complexity index is 5500. The van der Waals surface area contributed by atoms with Crippen LogP contribution in [0.3, 0.4) is 0 Å². The number of aromatic nitrogens is 6. The number of hydrogen-bond acceptors (Lipinski definition) is 10. The molecule has 0 aliphatic heterocycles. The molecule has 0 amide bonds. The van der Waals surface area contributed by atoms with Crippen molar-refractivity contribution >= 4 is 21.5 Å². The quantitative estimate of drug-likeness (QED) is 0.115. The van der Waals surface area contributed by atoms with Crippen LogP contribution in [0.4, 0.5) is 0 Å². The summed E-state index contributed by atoms with van der Waals surface area (Å²) in [6.07, 6.45) is 0. The summed E-state index contributed by atoms with van der Waals surface area (Å²) in [4.78, 5) is 30.5. The van der Waals surface area contributed by atoms with Crippen molar-refractivity contribution in [3.8, 4) is 159 Å². The van der Waals surface area contributed by atoms with Gasteiger partial charge in [-0.3, -0.25) is 0 Å². The van der Waals surface area contributed by atoms with Gasteiger partial charge in [0.05, 0.1) is 46.5 Å². The van der Waals surface area contributed by atoms with E-state index < -0.39 is 0 Å². The molecule has 434 valence electrons. The van der Waals surface area contributed by atoms with Crippen LogP contribution in [-0.4, -0.2) is 29.9 Å². The summed E-state index contributed by atoms with van der Waals surface area (Å²) in [6, 6.07) is 106. The summed E-state index contributed by atoms with van der Waals surface area (Å²) < 4.78 is 0. The van der Waals surface area contributed by atoms with Crippen molar-refractivity contribution < 1.29 is 0 Å². The van der Waals surface area contributed by atoms with Gasteiger partial charge < -0.3 is 0 Å². The van der Waals surface area contributed by atoms with Crippen LogP contribution in [0.2, 0.25) is 0 Å². The second-order valence-corrected chi connectivity index (χ2v) is 22.7. The highest BCUT2D eigenvalue weighted by atomic mass is 15.0. The van der Waals surface area contributed by atoms with Crippen LogP contribution >= 0.6 is 0 Å². The second kappa shape index (κ2) is 24.7. The van der Waals surface area contributed by atoms with Crippen molar-refractivity contribution in [2.45, 2.75) is 0 Å². The molecule has 0 aliphatic carbocycles. The van der Waals surface area contributed by atoms with E-state index in [-0.39, 0.29) is 0 Å². The number of hydrogen-bond donors (Lipinski definition) is 0. The van der Waals surface area contributed by atoms with E-state index in [0.717, 1.165) is 122 Å². The van der Waals surface area contributed by atoms with E-state index >= 15 is 0 Å². The zero-order valence-corrected chi connectivity index (χ0v) is 50.2. The molecule has 0 aliphatic rings. The molecule has 0 bridgehead atoms. The fraction of sp³-hybridized carbons (Fsp3) is 0. The van der Waals surface area contributed by atoms with Crippen LogP contribution in [-0.2, 0) is 0 Å². The third-order valence-corrected chi connectivity index (χ3v) is 16.9. The van der Waals surface area contributed by atoms with E-state index in [2.05, 4.69) is 152 Å². The lowest BCUT2D eigenvalue weighted by atomic mass is 9.86. The van der Waals surface area contributed by atoms with Gasteiger partial charge in [0.2, 0.25) is 0 Å². The molecule has 0 spiro atoms. The maximum atomic E-state index is 10.2. The first-order valence-electron chi connectivity index (χ1n) is 30.5. The van der Waals surface area contributed by atoms with Gasteiger partial charge in [-0.15, -0.1) is 0 Å². The highest BCUT2D eigenvalue weighted by molar-refractivity contribution is 6.10. The van der Waals surface area contributed by atoms with E-state index in [9.17, 15) is 21.0 Å². The molecular weight excluding hydrogens is 1150 g/mol. The molecule has 0 fully saturated rings. The maximum absolute atomic E-state index is 10.2. The summed E-state index contributed by atoms with van der Waals surface area (Å²) in [7, 11) is 0. The lowest BCUT2D eigenvalue weighted by Crippen LogP contribution is -2.00. The van der Waals surface area contributed by atoms with Crippen LogP contribution < -0.4 is 0 Å². The molecule has 94 heavy (non-hydrogen) atoms. The van der Waals surface area contributed by atoms with E-state index in [1.165, 1.54) is 0 Å². The first kappa shape index (κ1) is 56.8. The molecule has 2 heterocycles. The first-order valence-corrected chi connectivity index (χ1v) is 30.5. The van der Waals surface area contributed by atoms with Crippen LogP contribution in [0.5, 0.6) is 0 Å². The summed E-state index contributed by atoms with van der Waals surface area (Å²) in [5.74, 6) is 3.26. The number of rotatable bonds is 12. The van der Waals surface area contributed by atoms with Crippen LogP contribution in [0.15, 0.2) is 291 Å². The average Bonchev–Trinajstić information content (AvgIpc) is 0.767. The van der Waals surface area contributed by atoms with Gasteiger partial charge in [-0.25, -0.2) is 29.9 Å². The Balaban J connectivity index is 0.801. The normalized spacial score (nSPS) is 10.9. The highest BCUT2D eigenvalue weighted by Gasteiger charge is 2.21. The molecule has 0 saturated heterocycles. The Morgan fingerprint density at radius 1 is 0.202 bits per heavy atom. The van der Waals surface area contributed by atoms with Crippen molar-refractivity contribution in [2.75, 3.05) is 0 Å². The van der Waals surface area contributed by atoms with Gasteiger partial charge in [-0.1, -0.05) is 249 Å². The standard InChI is InChI=1S/C84H48N10/c85-49-53-42-54(50-86)45-69(44-53)57-28-30-58(31-29-57)72-25-11-20-60-21-12-26-73(77(60)72)59-32-36-65(37-33-59)83-92-81(64-18-8-3-9-19-64)93-84(94-83)68-23-10-22-67(48-68)71-24-13-27-76-75(71)41-40-74(70-46-55(51-87)43-56(47-70)52-88)78(76)61-34-38-66(39-35-61)82-90-79(62-14-4-1-5-15-62)89-80(91-82)63-16-6-2-7-17-63/h1-48H. The maximum Gasteiger partial charge on any atom is 0.164 e. The third kappa shape index (κ3) is 11.1. The first-order chi connectivity index (χ1) is 46.3. The lowest BCUT2D eigenvalue weighted by Gasteiger charge is -2.17. The SMILES string of the molecule is N#Cc1cc(C#N)cc(-c2ccc(-c3cccc4cccc(-c5ccc(-c6nc(-c7ccccc7)nc(-c7cccc(-c8cccc9c(-c%10ccc(-c%11nc(-c%12ccccc%12)nc(-c%12ccccc%12)n%11)cc%10)c(-c%10cc(C#N)cc(C#N)c%10)ccc89)c7)n6)cc5)c34)cc2)c1. The second-order valence-electron chi connectivity index (χ2n) is 22.7. The van der Waals surface area contributed by atoms with Crippen molar-refractivity contribution in [1.29, 1.82) is 21.0 Å². The smallest absolute Gasteiger partial charge is 0.164 e. The molecule has 0 radical (unpaired) electrons. The van der Waals surface area contributed by atoms with Gasteiger partial charge in [0.25, 0.3) is 0 Å². The molecule has 0 saturated carbocycles. The van der Waals surface area contributed by atoms with Crippen LogP contribution in [0.1, 0.15) is 22.3 Å². The van der Waals surface area contributed by atoms with Crippen LogP contribution in [0.25, 0.3) is 157 Å². The Kier molecular flexibility index (Phi) is 15.0. The summed E-state index contributed by atoms with van der Waals surface area (Å²) in [5.41, 5.74) is 18.1. The molecular formula is C84H48N10. The van der Waals surface area contributed by atoms with E-state index in [1.807, 2.05) is 152 Å². The Labute approximate surface area is 542 Å². The Hall–Kier alpha value is -13.6. The van der Waals surface area contributed by atoms with Gasteiger partial charge in [-0.05, 0) is 131 Å². The molecule has 0 atom stereocenters. The van der Waals surface area contributed by atoms with Gasteiger partial charge in [0.1, 0.15) is 0 Å². The van der Waals surface area contributed by atoms with Crippen LogP contribution in [0, 0.1) is 45.3 Å². The molecule has 2 aromatic heterocycles. The van der Waals surface area contributed by atoms with E-state index in [4.69, 9.17) is 29.9 Å². The monoisotopic (exact) mass is 1200 g/mol. The predicted octanol–water partition coefficient (Wildman–Crippen LogP) is 19.9. The number of fused-ring (bicyclic) bond motifs is 2. The number of benzene rings is 13. The van der Waals surface area contributed by atoms with Crippen molar-refractivity contribution in [3.63, 3.8) is 0 Å². The van der Waals surface area contributed by atoms with Crippen molar-refractivity contribution in [2.24, 2.45) is 0 Å². The topological polar surface area (TPSA) is 172 Å². The molecule has 0 unspecified atom stereocenters. The summed E-state index contributed by atoms with van der Waals surface area (Å²) >= 11 is 0. The molecule has 0 N–H and O–H groups in total. The van der Waals surface area contributed by atoms with E-state index in [1.54, 1.807) is 12.1 Å².